The number of benzene rings is 2. The molecule has 8 nitrogen and oxygen atoms in total. The Balaban J connectivity index is 1.86. The van der Waals surface area contributed by atoms with Gasteiger partial charge in [-0.15, -0.1) is 11.3 Å². The van der Waals surface area contributed by atoms with E-state index in [1.807, 2.05) is 17.5 Å². The van der Waals surface area contributed by atoms with Crippen LogP contribution in [0.3, 0.4) is 0 Å². The number of nitrogens with zero attached hydrogens (tertiary/aromatic N) is 1. The Kier molecular flexibility index (Phi) is 9.82. The quantitative estimate of drug-likeness (QED) is 0.299. The first-order valence-electron chi connectivity index (χ1n) is 13.4. The van der Waals surface area contributed by atoms with E-state index in [0.29, 0.717) is 34.1 Å². The Morgan fingerprint density at radius 3 is 2.12 bits per heavy atom. The fraction of sp³-hybridized carbons (Fsp3) is 0.387. The number of anilines is 1. The van der Waals surface area contributed by atoms with Gasteiger partial charge in [0.1, 0.15) is 6.04 Å². The van der Waals surface area contributed by atoms with Gasteiger partial charge in [0.05, 0.1) is 27.8 Å². The van der Waals surface area contributed by atoms with Gasteiger partial charge in [-0.2, -0.15) is 0 Å². The van der Waals surface area contributed by atoms with E-state index in [0.717, 1.165) is 37.0 Å². The number of carbonyl (C=O) groups is 3. The summed E-state index contributed by atoms with van der Waals surface area (Å²) in [6, 6.07) is 13.0. The second kappa shape index (κ2) is 13.5. The molecule has 9 heteroatoms. The number of ketones is 1. The van der Waals surface area contributed by atoms with Gasteiger partial charge in [0, 0.05) is 22.2 Å². The third-order valence-electron chi connectivity index (χ3n) is 7.19. The molecule has 1 fully saturated rings. The summed E-state index contributed by atoms with van der Waals surface area (Å²) >= 11 is 1.48. The molecule has 2 amide bonds. The highest BCUT2D eigenvalue weighted by atomic mass is 32.1. The highest BCUT2D eigenvalue weighted by Gasteiger charge is 2.35. The van der Waals surface area contributed by atoms with Crippen molar-refractivity contribution in [2.75, 3.05) is 26.2 Å². The molecule has 0 bridgehead atoms. The van der Waals surface area contributed by atoms with Gasteiger partial charge in [0.25, 0.3) is 0 Å². The van der Waals surface area contributed by atoms with Crippen molar-refractivity contribution < 1.29 is 28.6 Å². The summed E-state index contributed by atoms with van der Waals surface area (Å²) in [5, 5.41) is 5.14. The first-order valence-corrected chi connectivity index (χ1v) is 14.3. The van der Waals surface area contributed by atoms with Gasteiger partial charge in [-0.05, 0) is 73.2 Å². The maximum atomic E-state index is 14.2. The molecule has 1 aliphatic rings. The maximum absolute atomic E-state index is 14.2. The summed E-state index contributed by atoms with van der Waals surface area (Å²) < 4.78 is 16.7. The van der Waals surface area contributed by atoms with Crippen LogP contribution in [0.4, 0.5) is 5.69 Å². The first-order chi connectivity index (χ1) is 19.4. The lowest BCUT2D eigenvalue weighted by Crippen LogP contribution is -2.47. The number of nitrogens with one attached hydrogen (secondary N) is 1. The van der Waals surface area contributed by atoms with E-state index in [9.17, 15) is 14.4 Å². The molecule has 0 unspecified atom stereocenters. The Labute approximate surface area is 239 Å². The van der Waals surface area contributed by atoms with E-state index in [-0.39, 0.29) is 30.1 Å². The van der Waals surface area contributed by atoms with Crippen molar-refractivity contribution in [3.63, 3.8) is 0 Å². The average Bonchev–Trinajstić information content (AvgIpc) is 3.48. The standard InChI is InChI=1S/C31H36N2O6S/c1-20(34)21-12-14-24(15-13-21)33(28(35)19-25-11-8-16-40-25)29(31(36)32-23-9-6-5-7-10-23)22-17-26(37-2)30(39-4)27(18-22)38-3/h8,11-18,23,29H,5-7,9-10,19H2,1-4H3,(H,32,36)/t29-/m1/s1. The van der Waals surface area contributed by atoms with Crippen molar-refractivity contribution in [1.29, 1.82) is 0 Å². The smallest absolute Gasteiger partial charge is 0.248 e. The monoisotopic (exact) mass is 564 g/mol. The Morgan fingerprint density at radius 2 is 1.60 bits per heavy atom. The molecule has 1 aromatic heterocycles. The van der Waals surface area contributed by atoms with Crippen LogP contribution < -0.4 is 24.4 Å². The number of hydrogen-bond donors (Lipinski definition) is 1. The van der Waals surface area contributed by atoms with Gasteiger partial charge in [-0.1, -0.05) is 25.3 Å². The zero-order valence-corrected chi connectivity index (χ0v) is 24.2. The molecule has 1 saturated carbocycles. The number of carbonyl (C=O) groups excluding carboxylic acids is 3. The number of Topliss-reactive ketones (excluding diaryl/α,β-unsaturated/α-hetero) is 1. The lowest BCUT2D eigenvalue weighted by molar-refractivity contribution is -0.127. The second-order valence-electron chi connectivity index (χ2n) is 9.83. The van der Waals surface area contributed by atoms with Crippen LogP contribution in [0.2, 0.25) is 0 Å². The van der Waals surface area contributed by atoms with E-state index in [4.69, 9.17) is 14.2 Å². The molecule has 0 aliphatic heterocycles. The zero-order valence-electron chi connectivity index (χ0n) is 23.4. The molecule has 1 atom stereocenters. The molecule has 40 heavy (non-hydrogen) atoms. The van der Waals surface area contributed by atoms with Crippen LogP contribution in [-0.4, -0.2) is 45.0 Å². The van der Waals surface area contributed by atoms with E-state index in [2.05, 4.69) is 5.32 Å². The molecule has 0 radical (unpaired) electrons. The molecule has 212 valence electrons. The number of rotatable bonds is 11. The molecule has 0 spiro atoms. The van der Waals surface area contributed by atoms with Gasteiger partial charge in [0.2, 0.25) is 17.6 Å². The number of ether oxygens (including phenoxy) is 3. The van der Waals surface area contributed by atoms with Crippen LogP contribution in [0, 0.1) is 0 Å². The van der Waals surface area contributed by atoms with Crippen molar-refractivity contribution in [3.8, 4) is 17.2 Å². The highest BCUT2D eigenvalue weighted by Crippen LogP contribution is 2.42. The second-order valence-corrected chi connectivity index (χ2v) is 10.9. The molecule has 1 aliphatic carbocycles. The lowest BCUT2D eigenvalue weighted by atomic mass is 9.94. The van der Waals surface area contributed by atoms with Crippen molar-refractivity contribution in [1.82, 2.24) is 5.32 Å². The van der Waals surface area contributed by atoms with E-state index < -0.39 is 6.04 Å². The van der Waals surface area contributed by atoms with E-state index in [1.54, 1.807) is 36.4 Å². The summed E-state index contributed by atoms with van der Waals surface area (Å²) in [7, 11) is 4.54. The normalized spacial score (nSPS) is 14.2. The third-order valence-corrected chi connectivity index (χ3v) is 8.06. The maximum Gasteiger partial charge on any atom is 0.248 e. The minimum atomic E-state index is -1.04. The predicted octanol–water partition coefficient (Wildman–Crippen LogP) is 5.74. The van der Waals surface area contributed by atoms with Crippen LogP contribution in [-0.2, 0) is 16.0 Å². The molecule has 4 rings (SSSR count). The van der Waals surface area contributed by atoms with Crippen LogP contribution in [0.25, 0.3) is 0 Å². The zero-order chi connectivity index (χ0) is 28.6. The van der Waals surface area contributed by atoms with Crippen molar-refractivity contribution in [3.05, 3.63) is 69.9 Å². The predicted molar refractivity (Wildman–Crippen MR) is 156 cm³/mol. The van der Waals surface area contributed by atoms with Crippen LogP contribution in [0.5, 0.6) is 17.2 Å². The van der Waals surface area contributed by atoms with Gasteiger partial charge in [-0.25, -0.2) is 0 Å². The highest BCUT2D eigenvalue weighted by molar-refractivity contribution is 7.10. The van der Waals surface area contributed by atoms with E-state index in [1.165, 1.54) is 44.5 Å². The first kappa shape index (κ1) is 29.1. The molecule has 1 N–H and O–H groups in total. The number of thiophene rings is 1. The SMILES string of the molecule is COc1cc([C@H](C(=O)NC2CCCCC2)N(C(=O)Cc2cccs2)c2ccc(C(C)=O)cc2)cc(OC)c1OC. The van der Waals surface area contributed by atoms with Crippen LogP contribution in [0.15, 0.2) is 53.9 Å². The largest absolute Gasteiger partial charge is 0.493 e. The molecule has 0 saturated heterocycles. The summed E-state index contributed by atoms with van der Waals surface area (Å²) in [6.07, 6.45) is 5.15. The number of amides is 2. The molecule has 1 heterocycles. The van der Waals surface area contributed by atoms with Crippen molar-refractivity contribution in [2.24, 2.45) is 0 Å². The van der Waals surface area contributed by atoms with E-state index >= 15 is 0 Å². The van der Waals surface area contributed by atoms with Gasteiger partial charge < -0.3 is 19.5 Å². The van der Waals surface area contributed by atoms with Gasteiger partial charge in [0.15, 0.2) is 17.3 Å². The number of hydrogen-bond acceptors (Lipinski definition) is 7. The Morgan fingerprint density at radius 1 is 0.950 bits per heavy atom. The summed E-state index contributed by atoms with van der Waals surface area (Å²) in [6.45, 7) is 1.49. The molecule has 2 aromatic carbocycles. The third kappa shape index (κ3) is 6.65. The summed E-state index contributed by atoms with van der Waals surface area (Å²) in [4.78, 5) is 42.6. The van der Waals surface area contributed by atoms with Gasteiger partial charge >= 0.3 is 0 Å². The minimum absolute atomic E-state index is 0.0279. The van der Waals surface area contributed by atoms with Crippen molar-refractivity contribution in [2.45, 2.75) is 57.5 Å². The van der Waals surface area contributed by atoms with Crippen LogP contribution >= 0.6 is 11.3 Å². The van der Waals surface area contributed by atoms with Crippen molar-refractivity contribution >= 4 is 34.6 Å². The van der Waals surface area contributed by atoms with Crippen LogP contribution in [0.1, 0.15) is 65.9 Å². The fourth-order valence-electron chi connectivity index (χ4n) is 5.15. The fourth-order valence-corrected chi connectivity index (χ4v) is 5.84. The Bertz CT molecular complexity index is 1290. The van der Waals surface area contributed by atoms with Gasteiger partial charge in [-0.3, -0.25) is 19.3 Å². The number of methoxy groups -OCH3 is 3. The summed E-state index contributed by atoms with van der Waals surface area (Å²) in [5.41, 5.74) is 1.53. The molecule has 3 aromatic rings. The topological polar surface area (TPSA) is 94.2 Å². The molecular formula is C31H36N2O6S. The molecular weight excluding hydrogens is 528 g/mol. The summed E-state index contributed by atoms with van der Waals surface area (Å²) in [5.74, 6) is 0.517. The Hall–Kier alpha value is -3.85. The average molecular weight is 565 g/mol. The lowest BCUT2D eigenvalue weighted by Gasteiger charge is -2.34. The minimum Gasteiger partial charge on any atom is -0.493 e.